The van der Waals surface area contributed by atoms with Crippen molar-refractivity contribution in [3.05, 3.63) is 23.8 Å². The van der Waals surface area contributed by atoms with Gasteiger partial charge in [-0.1, -0.05) is 0 Å². The predicted molar refractivity (Wildman–Crippen MR) is 63.0 cm³/mol. The highest BCUT2D eigenvalue weighted by Crippen LogP contribution is 2.22. The summed E-state index contributed by atoms with van der Waals surface area (Å²) < 4.78 is 0. The number of hydrogen-bond donors (Lipinski definition) is 2. The number of carbonyl (C=O) groups is 1. The number of phenols is 2. The summed E-state index contributed by atoms with van der Waals surface area (Å²) in [5.41, 5.74) is 0.337. The molecule has 0 unspecified atom stereocenters. The van der Waals surface area contributed by atoms with E-state index in [1.807, 2.05) is 11.8 Å². The van der Waals surface area contributed by atoms with Crippen molar-refractivity contribution in [1.82, 2.24) is 4.90 Å². The van der Waals surface area contributed by atoms with E-state index in [0.717, 1.165) is 24.6 Å². The van der Waals surface area contributed by atoms with Crippen LogP contribution in [0.4, 0.5) is 0 Å². The summed E-state index contributed by atoms with van der Waals surface area (Å²) in [6.07, 6.45) is 0. The fraction of sp³-hybridized carbons (Fsp3) is 0.364. The van der Waals surface area contributed by atoms with Gasteiger partial charge in [-0.25, -0.2) is 0 Å². The highest BCUT2D eigenvalue weighted by Gasteiger charge is 2.19. The zero-order chi connectivity index (χ0) is 11.5. The standard InChI is InChI=1S/C11H13NO3S/c13-9-5-8(6-10(14)7-9)11(15)12-1-3-16-4-2-12/h5-7,13-14H,1-4H2. The van der Waals surface area contributed by atoms with Crippen molar-refractivity contribution >= 4 is 17.7 Å². The van der Waals surface area contributed by atoms with Crippen LogP contribution >= 0.6 is 11.8 Å². The SMILES string of the molecule is O=C(c1cc(O)cc(O)c1)N1CCSCC1. The molecular formula is C11H13NO3S. The second-order valence-electron chi connectivity index (χ2n) is 3.64. The smallest absolute Gasteiger partial charge is 0.254 e. The Bertz CT molecular complexity index is 382. The third kappa shape index (κ3) is 2.41. The largest absolute Gasteiger partial charge is 0.508 e. The topological polar surface area (TPSA) is 60.8 Å². The maximum atomic E-state index is 12.0. The van der Waals surface area contributed by atoms with Gasteiger partial charge in [-0.2, -0.15) is 11.8 Å². The van der Waals surface area contributed by atoms with Crippen molar-refractivity contribution in [3.63, 3.8) is 0 Å². The third-order valence-corrected chi connectivity index (χ3v) is 3.39. The Morgan fingerprint density at radius 2 is 1.69 bits per heavy atom. The van der Waals surface area contributed by atoms with Crippen LogP contribution in [0.5, 0.6) is 11.5 Å². The summed E-state index contributed by atoms with van der Waals surface area (Å²) >= 11 is 1.82. The molecule has 1 aromatic carbocycles. The number of thioether (sulfide) groups is 1. The molecule has 0 radical (unpaired) electrons. The minimum Gasteiger partial charge on any atom is -0.508 e. The third-order valence-electron chi connectivity index (χ3n) is 2.45. The van der Waals surface area contributed by atoms with Crippen molar-refractivity contribution in [2.45, 2.75) is 0 Å². The van der Waals surface area contributed by atoms with E-state index < -0.39 is 0 Å². The van der Waals surface area contributed by atoms with E-state index in [1.165, 1.54) is 18.2 Å². The van der Waals surface area contributed by atoms with Crippen molar-refractivity contribution in [2.24, 2.45) is 0 Å². The van der Waals surface area contributed by atoms with Crippen LogP contribution in [0, 0.1) is 0 Å². The Labute approximate surface area is 97.9 Å². The van der Waals surface area contributed by atoms with Gasteiger partial charge in [0.25, 0.3) is 5.91 Å². The van der Waals surface area contributed by atoms with Crippen LogP contribution in [-0.2, 0) is 0 Å². The molecule has 0 aliphatic carbocycles. The van der Waals surface area contributed by atoms with Gasteiger partial charge in [0.1, 0.15) is 11.5 Å². The summed E-state index contributed by atoms with van der Waals surface area (Å²) in [7, 11) is 0. The number of carbonyl (C=O) groups excluding carboxylic acids is 1. The average molecular weight is 239 g/mol. The van der Waals surface area contributed by atoms with Gasteiger partial charge in [-0.05, 0) is 12.1 Å². The Morgan fingerprint density at radius 3 is 2.25 bits per heavy atom. The Kier molecular flexibility index (Phi) is 3.24. The Balaban J connectivity index is 2.19. The number of phenolic OH excluding ortho intramolecular Hbond substituents is 2. The summed E-state index contributed by atoms with van der Waals surface area (Å²) in [6.45, 7) is 1.44. The number of nitrogens with zero attached hydrogens (tertiary/aromatic N) is 1. The minimum absolute atomic E-state index is 0.0882. The van der Waals surface area contributed by atoms with Gasteiger partial charge in [0.2, 0.25) is 0 Å². The van der Waals surface area contributed by atoms with Gasteiger partial charge in [-0.3, -0.25) is 4.79 Å². The second-order valence-corrected chi connectivity index (χ2v) is 4.87. The van der Waals surface area contributed by atoms with E-state index >= 15 is 0 Å². The number of rotatable bonds is 1. The molecule has 1 aliphatic rings. The lowest BCUT2D eigenvalue weighted by atomic mass is 10.1. The molecule has 0 atom stereocenters. The van der Waals surface area contributed by atoms with Crippen LogP contribution in [0.3, 0.4) is 0 Å². The lowest BCUT2D eigenvalue weighted by Gasteiger charge is -2.26. The van der Waals surface area contributed by atoms with Crippen LogP contribution in [-0.4, -0.2) is 45.6 Å². The first-order valence-corrected chi connectivity index (χ1v) is 6.22. The summed E-state index contributed by atoms with van der Waals surface area (Å²) in [5, 5.41) is 18.6. The normalized spacial score (nSPS) is 16.1. The molecule has 1 amide bonds. The molecule has 5 heteroatoms. The van der Waals surface area contributed by atoms with E-state index in [0.29, 0.717) is 5.56 Å². The zero-order valence-electron chi connectivity index (χ0n) is 8.72. The zero-order valence-corrected chi connectivity index (χ0v) is 9.54. The van der Waals surface area contributed by atoms with Crippen LogP contribution in [0.2, 0.25) is 0 Å². The number of amides is 1. The predicted octanol–water partition coefficient (Wildman–Crippen LogP) is 1.29. The lowest BCUT2D eigenvalue weighted by molar-refractivity contribution is 0.0771. The van der Waals surface area contributed by atoms with Gasteiger partial charge in [-0.15, -0.1) is 0 Å². The first-order valence-electron chi connectivity index (χ1n) is 5.07. The van der Waals surface area contributed by atoms with Gasteiger partial charge < -0.3 is 15.1 Å². The van der Waals surface area contributed by atoms with E-state index in [-0.39, 0.29) is 17.4 Å². The first-order chi connectivity index (χ1) is 7.66. The molecule has 2 N–H and O–H groups in total. The number of aromatic hydroxyl groups is 2. The van der Waals surface area contributed by atoms with Crippen molar-refractivity contribution in [1.29, 1.82) is 0 Å². The van der Waals surface area contributed by atoms with E-state index in [2.05, 4.69) is 0 Å². The molecule has 1 saturated heterocycles. The quantitative estimate of drug-likeness (QED) is 0.775. The second kappa shape index (κ2) is 4.65. The van der Waals surface area contributed by atoms with Gasteiger partial charge >= 0.3 is 0 Å². The van der Waals surface area contributed by atoms with Crippen molar-refractivity contribution in [3.8, 4) is 11.5 Å². The number of hydrogen-bond acceptors (Lipinski definition) is 4. The molecule has 1 fully saturated rings. The molecule has 1 aliphatic heterocycles. The van der Waals surface area contributed by atoms with Gasteiger partial charge in [0, 0.05) is 36.2 Å². The molecular weight excluding hydrogens is 226 g/mol. The highest BCUT2D eigenvalue weighted by molar-refractivity contribution is 7.99. The Hall–Kier alpha value is -1.36. The molecule has 4 nitrogen and oxygen atoms in total. The summed E-state index contributed by atoms with van der Waals surface area (Å²) in [4.78, 5) is 13.7. The Morgan fingerprint density at radius 1 is 1.12 bits per heavy atom. The van der Waals surface area contributed by atoms with E-state index in [4.69, 9.17) is 0 Å². The van der Waals surface area contributed by atoms with Crippen LogP contribution < -0.4 is 0 Å². The van der Waals surface area contributed by atoms with E-state index in [1.54, 1.807) is 4.90 Å². The molecule has 1 heterocycles. The average Bonchev–Trinajstić information content (AvgIpc) is 2.28. The number of benzene rings is 1. The van der Waals surface area contributed by atoms with Gasteiger partial charge in [0.15, 0.2) is 0 Å². The molecule has 0 spiro atoms. The van der Waals surface area contributed by atoms with Crippen LogP contribution in [0.1, 0.15) is 10.4 Å². The first kappa shape index (κ1) is 11.1. The van der Waals surface area contributed by atoms with Crippen LogP contribution in [0.25, 0.3) is 0 Å². The van der Waals surface area contributed by atoms with Gasteiger partial charge in [0.05, 0.1) is 0 Å². The summed E-state index contributed by atoms with van der Waals surface area (Å²) in [5.74, 6) is 1.57. The van der Waals surface area contributed by atoms with Crippen molar-refractivity contribution in [2.75, 3.05) is 24.6 Å². The molecule has 1 aromatic rings. The maximum absolute atomic E-state index is 12.0. The van der Waals surface area contributed by atoms with E-state index in [9.17, 15) is 15.0 Å². The monoisotopic (exact) mass is 239 g/mol. The maximum Gasteiger partial charge on any atom is 0.254 e. The molecule has 86 valence electrons. The molecule has 0 saturated carbocycles. The minimum atomic E-state index is -0.133. The molecule has 16 heavy (non-hydrogen) atoms. The molecule has 0 aromatic heterocycles. The van der Waals surface area contributed by atoms with Crippen molar-refractivity contribution < 1.29 is 15.0 Å². The fourth-order valence-corrected chi connectivity index (χ4v) is 2.57. The highest BCUT2D eigenvalue weighted by atomic mass is 32.2. The lowest BCUT2D eigenvalue weighted by Crippen LogP contribution is -2.37. The van der Waals surface area contributed by atoms with Crippen LogP contribution in [0.15, 0.2) is 18.2 Å². The molecule has 0 bridgehead atoms. The summed E-state index contributed by atoms with van der Waals surface area (Å²) in [6, 6.07) is 3.97. The molecule has 2 rings (SSSR count). The fourth-order valence-electron chi connectivity index (χ4n) is 1.67.